The van der Waals surface area contributed by atoms with Crippen LogP contribution in [0.3, 0.4) is 0 Å². The summed E-state index contributed by atoms with van der Waals surface area (Å²) in [5.74, 6) is 0.786. The normalized spacial score (nSPS) is 12.1. The molecule has 1 aromatic heterocycles. The highest BCUT2D eigenvalue weighted by Crippen LogP contribution is 2.26. The van der Waals surface area contributed by atoms with E-state index in [1.807, 2.05) is 38.1 Å². The van der Waals surface area contributed by atoms with E-state index in [1.54, 1.807) is 30.2 Å². The van der Waals surface area contributed by atoms with Crippen LogP contribution < -0.4 is 5.32 Å². The molecule has 118 valence electrons. The third kappa shape index (κ3) is 5.12. The number of carbonyl (C=O) groups excluding carboxylic acids is 1. The van der Waals surface area contributed by atoms with Gasteiger partial charge in [-0.2, -0.15) is 0 Å². The van der Waals surface area contributed by atoms with Gasteiger partial charge in [-0.1, -0.05) is 23.9 Å². The van der Waals surface area contributed by atoms with Crippen molar-refractivity contribution >= 4 is 29.0 Å². The van der Waals surface area contributed by atoms with Gasteiger partial charge in [0.25, 0.3) is 5.91 Å². The average molecular weight is 336 g/mol. The molecule has 1 aromatic carbocycles. The summed E-state index contributed by atoms with van der Waals surface area (Å²) in [7, 11) is 1.62. The van der Waals surface area contributed by atoms with Crippen molar-refractivity contribution < 1.29 is 9.53 Å². The molecule has 22 heavy (non-hydrogen) atoms. The molecule has 2 rings (SSSR count). The Hall–Kier alpha value is -1.37. The van der Waals surface area contributed by atoms with E-state index in [0.717, 1.165) is 15.8 Å². The van der Waals surface area contributed by atoms with Crippen LogP contribution in [0.25, 0.3) is 0 Å². The van der Waals surface area contributed by atoms with Gasteiger partial charge in [-0.05, 0) is 31.5 Å². The first-order valence-corrected chi connectivity index (χ1v) is 8.88. The molecule has 6 heteroatoms. The van der Waals surface area contributed by atoms with Crippen molar-refractivity contribution in [3.8, 4) is 0 Å². The van der Waals surface area contributed by atoms with Crippen molar-refractivity contribution in [1.82, 2.24) is 10.3 Å². The number of hydrogen-bond acceptors (Lipinski definition) is 5. The largest absolute Gasteiger partial charge is 0.383 e. The van der Waals surface area contributed by atoms with Crippen LogP contribution in [0.4, 0.5) is 0 Å². The summed E-state index contributed by atoms with van der Waals surface area (Å²) in [5.41, 5.74) is 2.91. The van der Waals surface area contributed by atoms with Crippen molar-refractivity contribution in [2.75, 3.05) is 13.7 Å². The minimum atomic E-state index is -0.0701. The van der Waals surface area contributed by atoms with Crippen LogP contribution in [0.2, 0.25) is 0 Å². The van der Waals surface area contributed by atoms with E-state index in [2.05, 4.69) is 15.7 Å². The second-order valence-corrected chi connectivity index (χ2v) is 7.15. The van der Waals surface area contributed by atoms with Crippen molar-refractivity contribution in [3.63, 3.8) is 0 Å². The average Bonchev–Trinajstić information content (AvgIpc) is 2.91. The Morgan fingerprint density at radius 2 is 2.14 bits per heavy atom. The van der Waals surface area contributed by atoms with Gasteiger partial charge in [0.1, 0.15) is 4.34 Å². The maximum absolute atomic E-state index is 12.0. The summed E-state index contributed by atoms with van der Waals surface area (Å²) in [5, 5.41) is 4.95. The number of nitrogens with one attached hydrogen (secondary N) is 1. The Labute approximate surface area is 139 Å². The van der Waals surface area contributed by atoms with E-state index in [4.69, 9.17) is 4.74 Å². The van der Waals surface area contributed by atoms with Gasteiger partial charge in [-0.15, -0.1) is 11.3 Å². The molecular formula is C16H20N2O2S2. The molecule has 2 aromatic rings. The van der Waals surface area contributed by atoms with E-state index >= 15 is 0 Å². The number of aryl methyl sites for hydroxylation is 1. The van der Waals surface area contributed by atoms with Crippen LogP contribution in [0.15, 0.2) is 34.0 Å². The number of nitrogens with zero attached hydrogens (tertiary/aromatic N) is 1. The van der Waals surface area contributed by atoms with E-state index in [9.17, 15) is 4.79 Å². The highest BCUT2D eigenvalue weighted by molar-refractivity contribution is 8.00. The maximum Gasteiger partial charge on any atom is 0.251 e. The zero-order valence-electron chi connectivity index (χ0n) is 13.0. The molecule has 1 N–H and O–H groups in total. The van der Waals surface area contributed by atoms with Crippen LogP contribution in [-0.4, -0.2) is 30.6 Å². The second-order valence-electron chi connectivity index (χ2n) is 5.07. The molecule has 0 radical (unpaired) electrons. The number of amides is 1. The molecule has 0 aliphatic carbocycles. The molecule has 1 amide bonds. The van der Waals surface area contributed by atoms with Gasteiger partial charge in [-0.25, -0.2) is 4.98 Å². The Kier molecular flexibility index (Phi) is 6.42. The first kappa shape index (κ1) is 17.0. The number of carbonyl (C=O) groups is 1. The lowest BCUT2D eigenvalue weighted by molar-refractivity contribution is 0.0905. The summed E-state index contributed by atoms with van der Waals surface area (Å²) in [4.78, 5) is 16.5. The number of thioether (sulfide) groups is 1. The van der Waals surface area contributed by atoms with Crippen LogP contribution >= 0.6 is 23.1 Å². The van der Waals surface area contributed by atoms with E-state index in [1.165, 1.54) is 5.56 Å². The minimum Gasteiger partial charge on any atom is -0.383 e. The molecule has 0 fully saturated rings. The molecule has 4 nitrogen and oxygen atoms in total. The first-order valence-electron chi connectivity index (χ1n) is 7.02. The topological polar surface area (TPSA) is 51.2 Å². The molecule has 0 spiro atoms. The van der Waals surface area contributed by atoms with Crippen LogP contribution in [0, 0.1) is 6.92 Å². The quantitative estimate of drug-likeness (QED) is 0.786. The molecule has 0 unspecified atom stereocenters. The predicted octanol–water partition coefficient (Wildman–Crippen LogP) is 3.51. The number of aromatic nitrogens is 1. The summed E-state index contributed by atoms with van der Waals surface area (Å²) in [6.07, 6.45) is 0. The number of benzene rings is 1. The minimum absolute atomic E-state index is 0.000810. The zero-order chi connectivity index (χ0) is 15.9. The Balaban J connectivity index is 1.88. The highest BCUT2D eigenvalue weighted by Gasteiger charge is 2.09. The van der Waals surface area contributed by atoms with Crippen LogP contribution in [-0.2, 0) is 10.5 Å². The summed E-state index contributed by atoms with van der Waals surface area (Å²) < 4.78 is 6.09. The molecule has 1 atom stereocenters. The van der Waals surface area contributed by atoms with E-state index < -0.39 is 0 Å². The first-order chi connectivity index (χ1) is 10.6. The van der Waals surface area contributed by atoms with Crippen molar-refractivity contribution in [2.24, 2.45) is 0 Å². The number of ether oxygens (including phenoxy) is 1. The predicted molar refractivity (Wildman–Crippen MR) is 91.7 cm³/mol. The van der Waals surface area contributed by atoms with Gasteiger partial charge < -0.3 is 10.1 Å². The second kappa shape index (κ2) is 8.31. The van der Waals surface area contributed by atoms with Crippen molar-refractivity contribution in [1.29, 1.82) is 0 Å². The third-order valence-corrected chi connectivity index (χ3v) is 5.18. The van der Waals surface area contributed by atoms with Crippen molar-refractivity contribution in [2.45, 2.75) is 30.0 Å². The number of methoxy groups -OCH3 is 1. The molecule has 1 heterocycles. The molecule has 0 saturated carbocycles. The van der Waals surface area contributed by atoms with Gasteiger partial charge in [0.15, 0.2) is 0 Å². The third-order valence-electron chi connectivity index (χ3n) is 2.97. The van der Waals surface area contributed by atoms with Crippen LogP contribution in [0.1, 0.15) is 28.5 Å². The molecular weight excluding hydrogens is 316 g/mol. The fraction of sp³-hybridized carbons (Fsp3) is 0.375. The zero-order valence-corrected chi connectivity index (χ0v) is 14.6. The monoisotopic (exact) mass is 336 g/mol. The van der Waals surface area contributed by atoms with Gasteiger partial charge in [0.05, 0.1) is 6.61 Å². The number of rotatable bonds is 7. The maximum atomic E-state index is 12.0. The number of thiazole rings is 1. The highest BCUT2D eigenvalue weighted by atomic mass is 32.2. The summed E-state index contributed by atoms with van der Waals surface area (Å²) in [6.45, 7) is 4.43. The Morgan fingerprint density at radius 1 is 1.41 bits per heavy atom. The van der Waals surface area contributed by atoms with Gasteiger partial charge in [0.2, 0.25) is 0 Å². The van der Waals surface area contributed by atoms with Gasteiger partial charge in [-0.3, -0.25) is 4.79 Å². The van der Waals surface area contributed by atoms with Crippen molar-refractivity contribution in [3.05, 3.63) is 46.5 Å². The SMILES string of the molecule is COC[C@@H](C)NC(=O)c1ccc(CSc2nc(C)cs2)cc1. The molecule has 0 saturated heterocycles. The molecule has 0 bridgehead atoms. The Morgan fingerprint density at radius 3 is 2.73 bits per heavy atom. The standard InChI is InChI=1S/C16H20N2O2S2/c1-11(8-20-3)17-15(19)14-6-4-13(5-7-14)10-22-16-18-12(2)9-21-16/h4-7,9,11H,8,10H2,1-3H3,(H,17,19)/t11-/m1/s1. The summed E-state index contributed by atoms with van der Waals surface area (Å²) >= 11 is 3.38. The lowest BCUT2D eigenvalue weighted by Crippen LogP contribution is -2.35. The molecule has 0 aliphatic rings. The Bertz CT molecular complexity index is 611. The van der Waals surface area contributed by atoms with E-state index in [0.29, 0.717) is 12.2 Å². The lowest BCUT2D eigenvalue weighted by atomic mass is 10.1. The van der Waals surface area contributed by atoms with Gasteiger partial charge in [0, 0.05) is 35.5 Å². The van der Waals surface area contributed by atoms with Crippen LogP contribution in [0.5, 0.6) is 0 Å². The fourth-order valence-corrected chi connectivity index (χ4v) is 3.70. The summed E-state index contributed by atoms with van der Waals surface area (Å²) in [6, 6.07) is 7.70. The smallest absolute Gasteiger partial charge is 0.251 e. The lowest BCUT2D eigenvalue weighted by Gasteiger charge is -2.12. The fourth-order valence-electron chi connectivity index (χ4n) is 1.89. The van der Waals surface area contributed by atoms with E-state index in [-0.39, 0.29) is 11.9 Å². The van der Waals surface area contributed by atoms with Gasteiger partial charge >= 0.3 is 0 Å². The number of hydrogen-bond donors (Lipinski definition) is 1. The molecule has 0 aliphatic heterocycles.